The molecule has 0 unspecified atom stereocenters. The van der Waals surface area contributed by atoms with Crippen LogP contribution in [0, 0.1) is 5.92 Å². The van der Waals surface area contributed by atoms with Crippen LogP contribution in [0.2, 0.25) is 0 Å². The summed E-state index contributed by atoms with van der Waals surface area (Å²) < 4.78 is 7.81. The third-order valence-corrected chi connectivity index (χ3v) is 6.82. The van der Waals surface area contributed by atoms with Crippen LogP contribution in [0.4, 0.5) is 0 Å². The van der Waals surface area contributed by atoms with Crippen molar-refractivity contribution in [2.75, 3.05) is 0 Å². The van der Waals surface area contributed by atoms with Crippen molar-refractivity contribution in [3.8, 4) is 0 Å². The molecule has 0 bridgehead atoms. The predicted octanol–water partition coefficient (Wildman–Crippen LogP) is 5.31. The van der Waals surface area contributed by atoms with Gasteiger partial charge in [0, 0.05) is 23.8 Å². The van der Waals surface area contributed by atoms with E-state index in [4.69, 9.17) is 4.52 Å². The van der Waals surface area contributed by atoms with Crippen LogP contribution < -0.4 is 0 Å². The van der Waals surface area contributed by atoms with Crippen LogP contribution in [0.1, 0.15) is 74.4 Å². The molecule has 0 radical (unpaired) electrons. The lowest BCUT2D eigenvalue weighted by atomic mass is 9.95. The van der Waals surface area contributed by atoms with Crippen molar-refractivity contribution in [2.24, 2.45) is 5.92 Å². The average Bonchev–Trinajstić information content (AvgIpc) is 3.42. The molecule has 4 rings (SSSR count). The zero-order chi connectivity index (χ0) is 19.3. The van der Waals surface area contributed by atoms with Crippen LogP contribution in [0.25, 0.3) is 0 Å². The van der Waals surface area contributed by atoms with Crippen molar-refractivity contribution in [3.63, 3.8) is 0 Å². The highest BCUT2D eigenvalue weighted by Gasteiger charge is 2.24. The van der Waals surface area contributed by atoms with Gasteiger partial charge < -0.3 is 9.09 Å². The molecule has 0 saturated heterocycles. The van der Waals surface area contributed by atoms with E-state index in [-0.39, 0.29) is 0 Å². The Labute approximate surface area is 174 Å². The third kappa shape index (κ3) is 4.84. The van der Waals surface area contributed by atoms with Gasteiger partial charge in [-0.2, -0.15) is 4.98 Å². The van der Waals surface area contributed by atoms with Crippen LogP contribution in [0.15, 0.2) is 27.2 Å². The molecule has 3 aromatic rings. The van der Waals surface area contributed by atoms with E-state index >= 15 is 0 Å². The van der Waals surface area contributed by atoms with Gasteiger partial charge in [0.2, 0.25) is 5.89 Å². The molecule has 3 heterocycles. The van der Waals surface area contributed by atoms with Gasteiger partial charge >= 0.3 is 0 Å². The highest BCUT2D eigenvalue weighted by atomic mass is 32.2. The van der Waals surface area contributed by atoms with Crippen LogP contribution in [0.3, 0.4) is 0 Å². The van der Waals surface area contributed by atoms with Crippen molar-refractivity contribution in [1.29, 1.82) is 0 Å². The zero-order valence-corrected chi connectivity index (χ0v) is 18.1. The highest BCUT2D eigenvalue weighted by molar-refractivity contribution is 7.98. The van der Waals surface area contributed by atoms with E-state index in [2.05, 4.69) is 56.3 Å². The maximum Gasteiger partial charge on any atom is 0.237 e. The van der Waals surface area contributed by atoms with E-state index in [0.717, 1.165) is 29.6 Å². The summed E-state index contributed by atoms with van der Waals surface area (Å²) in [4.78, 5) is 5.85. The highest BCUT2D eigenvalue weighted by Crippen LogP contribution is 2.34. The Morgan fingerprint density at radius 3 is 2.86 bits per heavy atom. The van der Waals surface area contributed by atoms with Crippen molar-refractivity contribution in [2.45, 2.75) is 75.7 Å². The molecule has 28 heavy (non-hydrogen) atoms. The van der Waals surface area contributed by atoms with E-state index in [9.17, 15) is 0 Å². The summed E-state index contributed by atoms with van der Waals surface area (Å²) >= 11 is 3.43. The first kappa shape index (κ1) is 19.6. The Bertz CT molecular complexity index is 865. The fourth-order valence-electron chi connectivity index (χ4n) is 3.72. The maximum atomic E-state index is 5.43. The fraction of sp³-hybridized carbons (Fsp3) is 0.600. The first-order chi connectivity index (χ1) is 13.7. The van der Waals surface area contributed by atoms with Crippen LogP contribution in [0.5, 0.6) is 0 Å². The summed E-state index contributed by atoms with van der Waals surface area (Å²) in [7, 11) is 0. The van der Waals surface area contributed by atoms with Crippen molar-refractivity contribution in [1.82, 2.24) is 24.9 Å². The molecule has 8 heteroatoms. The van der Waals surface area contributed by atoms with Gasteiger partial charge in [0.1, 0.15) is 5.82 Å². The minimum Gasteiger partial charge on any atom is -0.338 e. The second-order valence-corrected chi connectivity index (χ2v) is 9.78. The van der Waals surface area contributed by atoms with Gasteiger partial charge in [-0.05, 0) is 30.2 Å². The molecule has 3 aromatic heterocycles. The number of thiophene rings is 1. The Kier molecular flexibility index (Phi) is 6.47. The molecule has 6 nitrogen and oxygen atoms in total. The van der Waals surface area contributed by atoms with Gasteiger partial charge in [0.15, 0.2) is 11.0 Å². The minimum absolute atomic E-state index is 0.500. The molecule has 0 amide bonds. The lowest BCUT2D eigenvalue weighted by Gasteiger charge is -2.25. The van der Waals surface area contributed by atoms with Crippen molar-refractivity contribution >= 4 is 23.1 Å². The quantitative estimate of drug-likeness (QED) is 0.463. The maximum absolute atomic E-state index is 5.43. The summed E-state index contributed by atoms with van der Waals surface area (Å²) in [6, 6.07) is 4.77. The van der Waals surface area contributed by atoms with Crippen LogP contribution >= 0.6 is 23.1 Å². The minimum atomic E-state index is 0.500. The lowest BCUT2D eigenvalue weighted by Crippen LogP contribution is -2.16. The van der Waals surface area contributed by atoms with E-state index in [1.807, 2.05) is 0 Å². The van der Waals surface area contributed by atoms with Gasteiger partial charge in [-0.15, -0.1) is 21.5 Å². The molecule has 0 aliphatic heterocycles. The van der Waals surface area contributed by atoms with Gasteiger partial charge in [-0.25, -0.2) is 0 Å². The Morgan fingerprint density at radius 1 is 1.25 bits per heavy atom. The molecular weight excluding hydrogens is 390 g/mol. The summed E-state index contributed by atoms with van der Waals surface area (Å²) in [5.41, 5.74) is 0. The monoisotopic (exact) mass is 417 g/mol. The fourth-order valence-corrected chi connectivity index (χ4v) is 5.29. The van der Waals surface area contributed by atoms with Crippen molar-refractivity contribution in [3.05, 3.63) is 39.9 Å². The number of thioether (sulfide) groups is 1. The van der Waals surface area contributed by atoms with Gasteiger partial charge in [-0.1, -0.05) is 56.1 Å². The summed E-state index contributed by atoms with van der Waals surface area (Å²) in [5.74, 6) is 3.68. The molecule has 1 aliphatic carbocycles. The van der Waals surface area contributed by atoms with Crippen LogP contribution in [-0.2, 0) is 18.6 Å². The standard InChI is InChI=1S/C20H27N5OS2/c1-14(2)11-17-21-19(26-24-17)13-28-20-23-22-18(12-16-9-6-10-27-16)25(20)15-7-4-3-5-8-15/h6,9-10,14-15H,3-5,7-8,11-13H2,1-2H3. The molecule has 0 atom stereocenters. The molecule has 0 aromatic carbocycles. The van der Waals surface area contributed by atoms with Gasteiger partial charge in [0.25, 0.3) is 0 Å². The average molecular weight is 418 g/mol. The molecule has 0 spiro atoms. The number of hydrogen-bond donors (Lipinski definition) is 0. The Balaban J connectivity index is 1.50. The lowest BCUT2D eigenvalue weighted by molar-refractivity contribution is 0.330. The predicted molar refractivity (Wildman–Crippen MR) is 112 cm³/mol. The first-order valence-electron chi connectivity index (χ1n) is 10.1. The summed E-state index contributed by atoms with van der Waals surface area (Å²) in [6.45, 7) is 4.32. The largest absolute Gasteiger partial charge is 0.338 e. The molecule has 1 fully saturated rings. The Hall–Kier alpha value is -1.67. The third-order valence-electron chi connectivity index (χ3n) is 5.01. The first-order valence-corrected chi connectivity index (χ1v) is 12.0. The van der Waals surface area contributed by atoms with Gasteiger partial charge in [0.05, 0.1) is 5.75 Å². The number of nitrogens with zero attached hydrogens (tertiary/aromatic N) is 5. The summed E-state index contributed by atoms with van der Waals surface area (Å²) in [5, 5.41) is 16.3. The van der Waals surface area contributed by atoms with E-state index in [1.54, 1.807) is 23.1 Å². The number of hydrogen-bond acceptors (Lipinski definition) is 7. The van der Waals surface area contributed by atoms with Crippen LogP contribution in [-0.4, -0.2) is 24.9 Å². The smallest absolute Gasteiger partial charge is 0.237 e. The van der Waals surface area contributed by atoms with E-state index in [0.29, 0.717) is 23.6 Å². The normalized spacial score (nSPS) is 15.5. The second kappa shape index (κ2) is 9.22. The number of aromatic nitrogens is 5. The Morgan fingerprint density at radius 2 is 2.11 bits per heavy atom. The SMILES string of the molecule is CC(C)Cc1noc(CSc2nnc(Cc3cccs3)n2C2CCCCC2)n1. The van der Waals surface area contributed by atoms with E-state index in [1.165, 1.54) is 37.0 Å². The number of rotatable bonds is 8. The molecular formula is C20H27N5OS2. The summed E-state index contributed by atoms with van der Waals surface area (Å²) in [6.07, 6.45) is 8.02. The topological polar surface area (TPSA) is 69.6 Å². The molecule has 150 valence electrons. The zero-order valence-electron chi connectivity index (χ0n) is 16.5. The second-order valence-electron chi connectivity index (χ2n) is 7.81. The molecule has 1 aliphatic rings. The van der Waals surface area contributed by atoms with Gasteiger partial charge in [-0.3, -0.25) is 0 Å². The molecule has 0 N–H and O–H groups in total. The molecule has 1 saturated carbocycles. The van der Waals surface area contributed by atoms with E-state index < -0.39 is 0 Å². The van der Waals surface area contributed by atoms with Crippen molar-refractivity contribution < 1.29 is 4.52 Å².